The maximum absolute atomic E-state index is 12.2. The van der Waals surface area contributed by atoms with Crippen LogP contribution in [0.15, 0.2) is 42.7 Å². The van der Waals surface area contributed by atoms with Crippen molar-refractivity contribution in [3.63, 3.8) is 0 Å². The van der Waals surface area contributed by atoms with E-state index >= 15 is 0 Å². The first-order chi connectivity index (χ1) is 10.6. The molecule has 0 aliphatic heterocycles. The summed E-state index contributed by atoms with van der Waals surface area (Å²) < 4.78 is 33.7. The fraction of sp³-hybridized carbons (Fsp3) is 0.200. The Bertz CT molecular complexity index is 636. The van der Waals surface area contributed by atoms with Crippen molar-refractivity contribution in [2.24, 2.45) is 0 Å². The van der Waals surface area contributed by atoms with Crippen LogP contribution in [0.5, 0.6) is 11.5 Å². The molecule has 2 aromatic rings. The van der Waals surface area contributed by atoms with Gasteiger partial charge >= 0.3 is 6.61 Å². The second-order valence-electron chi connectivity index (χ2n) is 4.29. The molecule has 22 heavy (non-hydrogen) atoms. The number of rotatable bonds is 6. The molecule has 0 saturated heterocycles. The first-order valence-electron chi connectivity index (χ1n) is 6.40. The van der Waals surface area contributed by atoms with Crippen molar-refractivity contribution in [1.29, 1.82) is 0 Å². The van der Waals surface area contributed by atoms with E-state index in [2.05, 4.69) is 15.0 Å². The molecule has 0 atom stereocenters. The molecule has 0 radical (unpaired) electrons. The van der Waals surface area contributed by atoms with E-state index < -0.39 is 6.61 Å². The van der Waals surface area contributed by atoms with Gasteiger partial charge in [-0.1, -0.05) is 6.07 Å². The molecular weight excluding hydrogens is 294 g/mol. The van der Waals surface area contributed by atoms with Crippen LogP contribution in [0.25, 0.3) is 0 Å². The van der Waals surface area contributed by atoms with E-state index in [1.165, 1.54) is 25.3 Å². The van der Waals surface area contributed by atoms with Crippen LogP contribution in [0.2, 0.25) is 0 Å². The molecule has 0 aliphatic rings. The highest BCUT2D eigenvalue weighted by atomic mass is 19.3. The minimum atomic E-state index is -2.96. The van der Waals surface area contributed by atoms with Gasteiger partial charge in [0.25, 0.3) is 5.91 Å². The summed E-state index contributed by atoms with van der Waals surface area (Å²) in [4.78, 5) is 16.0. The topological polar surface area (TPSA) is 60.5 Å². The third-order valence-electron chi connectivity index (χ3n) is 2.82. The Morgan fingerprint density at radius 2 is 2.14 bits per heavy atom. The molecule has 0 fully saturated rings. The fourth-order valence-electron chi connectivity index (χ4n) is 1.79. The van der Waals surface area contributed by atoms with Crippen molar-refractivity contribution in [3.8, 4) is 11.5 Å². The molecule has 0 bridgehead atoms. The highest BCUT2D eigenvalue weighted by Crippen LogP contribution is 2.29. The minimum Gasteiger partial charge on any atom is -0.493 e. The normalized spacial score (nSPS) is 10.4. The smallest absolute Gasteiger partial charge is 0.387 e. The van der Waals surface area contributed by atoms with Crippen LogP contribution in [0.3, 0.4) is 0 Å². The zero-order valence-electron chi connectivity index (χ0n) is 11.8. The Labute approximate surface area is 125 Å². The summed E-state index contributed by atoms with van der Waals surface area (Å²) in [5.74, 6) is -0.415. The van der Waals surface area contributed by atoms with E-state index in [0.29, 0.717) is 6.54 Å². The van der Waals surface area contributed by atoms with Crippen molar-refractivity contribution >= 4 is 5.91 Å². The molecule has 116 valence electrons. The Hall–Kier alpha value is -2.70. The van der Waals surface area contributed by atoms with Crippen molar-refractivity contribution < 1.29 is 23.0 Å². The SMILES string of the molecule is COc1cc(C(=O)NCc2cccnc2)ccc1OC(F)F. The molecule has 1 heterocycles. The van der Waals surface area contributed by atoms with Gasteiger partial charge in [-0.05, 0) is 29.8 Å². The number of hydrogen-bond donors (Lipinski definition) is 1. The summed E-state index contributed by atoms with van der Waals surface area (Å²) in [5, 5.41) is 2.70. The zero-order chi connectivity index (χ0) is 15.9. The van der Waals surface area contributed by atoms with Crippen molar-refractivity contribution in [2.75, 3.05) is 7.11 Å². The summed E-state index contributed by atoms with van der Waals surface area (Å²) in [6, 6.07) is 7.59. The average Bonchev–Trinajstić information content (AvgIpc) is 2.53. The average molecular weight is 308 g/mol. The molecule has 2 rings (SSSR count). The lowest BCUT2D eigenvalue weighted by Crippen LogP contribution is -2.22. The number of pyridine rings is 1. The summed E-state index contributed by atoms with van der Waals surface area (Å²) in [5.41, 5.74) is 1.13. The molecule has 1 amide bonds. The van der Waals surface area contributed by atoms with Crippen LogP contribution < -0.4 is 14.8 Å². The van der Waals surface area contributed by atoms with Gasteiger partial charge in [-0.15, -0.1) is 0 Å². The molecule has 0 aliphatic carbocycles. The number of hydrogen-bond acceptors (Lipinski definition) is 4. The fourth-order valence-corrected chi connectivity index (χ4v) is 1.79. The Balaban J connectivity index is 2.06. The third-order valence-corrected chi connectivity index (χ3v) is 2.82. The van der Waals surface area contributed by atoms with Crippen LogP contribution in [0.4, 0.5) is 8.78 Å². The van der Waals surface area contributed by atoms with Crippen LogP contribution in [0, 0.1) is 0 Å². The lowest BCUT2D eigenvalue weighted by Gasteiger charge is -2.11. The highest BCUT2D eigenvalue weighted by molar-refractivity contribution is 5.94. The predicted molar refractivity (Wildman–Crippen MR) is 75.0 cm³/mol. The number of aromatic nitrogens is 1. The quantitative estimate of drug-likeness (QED) is 0.891. The molecule has 5 nitrogen and oxygen atoms in total. The van der Waals surface area contributed by atoms with Gasteiger partial charge in [0, 0.05) is 24.5 Å². The summed E-state index contributed by atoms with van der Waals surface area (Å²) >= 11 is 0. The van der Waals surface area contributed by atoms with E-state index in [4.69, 9.17) is 4.74 Å². The van der Waals surface area contributed by atoms with Gasteiger partial charge in [-0.25, -0.2) is 0 Å². The van der Waals surface area contributed by atoms with E-state index in [1.54, 1.807) is 18.5 Å². The van der Waals surface area contributed by atoms with Crippen molar-refractivity contribution in [2.45, 2.75) is 13.2 Å². The number of ether oxygens (including phenoxy) is 2. The molecule has 0 unspecified atom stereocenters. The first kappa shape index (κ1) is 15.7. The largest absolute Gasteiger partial charge is 0.493 e. The summed E-state index contributed by atoms with van der Waals surface area (Å²) in [7, 11) is 1.31. The molecule has 0 saturated carbocycles. The maximum Gasteiger partial charge on any atom is 0.387 e. The van der Waals surface area contributed by atoms with Crippen LogP contribution in [-0.2, 0) is 6.54 Å². The van der Waals surface area contributed by atoms with E-state index in [9.17, 15) is 13.6 Å². The van der Waals surface area contributed by atoms with Gasteiger partial charge in [-0.3, -0.25) is 9.78 Å². The first-order valence-corrected chi connectivity index (χ1v) is 6.40. The third kappa shape index (κ3) is 4.15. The lowest BCUT2D eigenvalue weighted by molar-refractivity contribution is -0.0512. The number of alkyl halides is 2. The zero-order valence-corrected chi connectivity index (χ0v) is 11.8. The number of halogens is 2. The lowest BCUT2D eigenvalue weighted by atomic mass is 10.2. The monoisotopic (exact) mass is 308 g/mol. The number of carbonyl (C=O) groups is 1. The van der Waals surface area contributed by atoms with Crippen LogP contribution >= 0.6 is 0 Å². The van der Waals surface area contributed by atoms with Gasteiger partial charge in [0.15, 0.2) is 11.5 Å². The summed E-state index contributed by atoms with van der Waals surface area (Å²) in [6.07, 6.45) is 3.28. The van der Waals surface area contributed by atoms with Crippen LogP contribution in [0.1, 0.15) is 15.9 Å². The van der Waals surface area contributed by atoms with Crippen LogP contribution in [-0.4, -0.2) is 24.6 Å². The Morgan fingerprint density at radius 3 is 2.77 bits per heavy atom. The molecule has 0 spiro atoms. The second kappa shape index (κ2) is 7.35. The molecule has 7 heteroatoms. The van der Waals surface area contributed by atoms with Crippen molar-refractivity contribution in [3.05, 3.63) is 53.9 Å². The minimum absolute atomic E-state index is 0.0642. The van der Waals surface area contributed by atoms with Gasteiger partial charge in [0.1, 0.15) is 0 Å². The Morgan fingerprint density at radius 1 is 1.32 bits per heavy atom. The van der Waals surface area contributed by atoms with E-state index in [0.717, 1.165) is 5.56 Å². The standard InChI is InChI=1S/C15H14F2N2O3/c1-21-13-7-11(4-5-12(13)22-15(16)17)14(20)19-9-10-3-2-6-18-8-10/h2-8,15H,9H2,1H3,(H,19,20). The molecule has 1 aromatic heterocycles. The maximum atomic E-state index is 12.2. The number of nitrogens with one attached hydrogen (secondary N) is 1. The predicted octanol–water partition coefficient (Wildman–Crippen LogP) is 2.62. The number of amides is 1. The molecule has 1 aromatic carbocycles. The number of benzene rings is 1. The van der Waals surface area contributed by atoms with E-state index in [1.807, 2.05) is 6.07 Å². The highest BCUT2D eigenvalue weighted by Gasteiger charge is 2.14. The van der Waals surface area contributed by atoms with E-state index in [-0.39, 0.29) is 23.0 Å². The number of carbonyl (C=O) groups excluding carboxylic acids is 1. The molecular formula is C15H14F2N2O3. The number of nitrogens with zero attached hydrogens (tertiary/aromatic N) is 1. The summed E-state index contributed by atoms with van der Waals surface area (Å²) in [6.45, 7) is -2.65. The van der Waals surface area contributed by atoms with Gasteiger partial charge in [0.2, 0.25) is 0 Å². The second-order valence-corrected chi connectivity index (χ2v) is 4.29. The van der Waals surface area contributed by atoms with Gasteiger partial charge in [0.05, 0.1) is 7.11 Å². The Kier molecular flexibility index (Phi) is 5.24. The van der Waals surface area contributed by atoms with Gasteiger partial charge < -0.3 is 14.8 Å². The molecule has 1 N–H and O–H groups in total. The van der Waals surface area contributed by atoms with Crippen molar-refractivity contribution in [1.82, 2.24) is 10.3 Å². The van der Waals surface area contributed by atoms with Gasteiger partial charge in [-0.2, -0.15) is 8.78 Å². The number of methoxy groups -OCH3 is 1.